The zero-order valence-electron chi connectivity index (χ0n) is 12.9. The molecule has 0 N–H and O–H groups in total. The van der Waals surface area contributed by atoms with Crippen molar-refractivity contribution in [3.05, 3.63) is 51.3 Å². The first-order valence-electron chi connectivity index (χ1n) is 7.67. The lowest BCUT2D eigenvalue weighted by Crippen LogP contribution is -2.34. The first kappa shape index (κ1) is 15.6. The minimum absolute atomic E-state index is 0.0808. The number of hydrogen-bond acceptors (Lipinski definition) is 4. The SMILES string of the molecule is CC1CCN(c2cc(-c3ccc(Cl)cc3)oc(=O)c2C#N)CC1. The molecule has 1 saturated heterocycles. The first-order chi connectivity index (χ1) is 11.1. The van der Waals surface area contributed by atoms with E-state index in [4.69, 9.17) is 16.0 Å². The van der Waals surface area contributed by atoms with E-state index in [0.717, 1.165) is 31.5 Å². The van der Waals surface area contributed by atoms with Gasteiger partial charge in [0.1, 0.15) is 11.8 Å². The summed E-state index contributed by atoms with van der Waals surface area (Å²) in [7, 11) is 0. The molecule has 1 aromatic heterocycles. The molecule has 1 fully saturated rings. The van der Waals surface area contributed by atoms with Crippen molar-refractivity contribution in [2.75, 3.05) is 18.0 Å². The van der Waals surface area contributed by atoms with Gasteiger partial charge in [-0.2, -0.15) is 5.26 Å². The normalized spacial score (nSPS) is 15.4. The maximum absolute atomic E-state index is 12.2. The Kier molecular flexibility index (Phi) is 4.40. The Balaban J connectivity index is 2.05. The highest BCUT2D eigenvalue weighted by atomic mass is 35.5. The van der Waals surface area contributed by atoms with E-state index in [2.05, 4.69) is 11.8 Å². The topological polar surface area (TPSA) is 57.2 Å². The van der Waals surface area contributed by atoms with Gasteiger partial charge in [0, 0.05) is 29.7 Å². The van der Waals surface area contributed by atoms with E-state index in [9.17, 15) is 10.1 Å². The Bertz CT molecular complexity index is 797. The molecule has 0 amide bonds. The summed E-state index contributed by atoms with van der Waals surface area (Å²) in [6.07, 6.45) is 2.11. The molecule has 0 aliphatic carbocycles. The van der Waals surface area contributed by atoms with Crippen LogP contribution in [0, 0.1) is 17.2 Å². The Morgan fingerprint density at radius 3 is 2.52 bits per heavy atom. The van der Waals surface area contributed by atoms with Crippen molar-refractivity contribution in [1.29, 1.82) is 5.26 Å². The molecule has 5 heteroatoms. The molecule has 0 radical (unpaired) electrons. The van der Waals surface area contributed by atoms with E-state index in [-0.39, 0.29) is 5.56 Å². The van der Waals surface area contributed by atoms with Crippen molar-refractivity contribution in [1.82, 2.24) is 0 Å². The van der Waals surface area contributed by atoms with E-state index in [1.54, 1.807) is 30.3 Å². The van der Waals surface area contributed by atoms with Gasteiger partial charge in [-0.3, -0.25) is 0 Å². The molecule has 0 saturated carbocycles. The second-order valence-corrected chi connectivity index (χ2v) is 6.38. The zero-order valence-corrected chi connectivity index (χ0v) is 13.6. The molecular formula is C18H17ClN2O2. The highest BCUT2D eigenvalue weighted by molar-refractivity contribution is 6.30. The van der Waals surface area contributed by atoms with Crippen molar-refractivity contribution >= 4 is 17.3 Å². The molecule has 2 heterocycles. The quantitative estimate of drug-likeness (QED) is 0.834. The second-order valence-electron chi connectivity index (χ2n) is 5.95. The molecule has 0 bridgehead atoms. The number of nitrogens with zero attached hydrogens (tertiary/aromatic N) is 2. The van der Waals surface area contributed by atoms with Gasteiger partial charge in [0.25, 0.3) is 0 Å². The summed E-state index contributed by atoms with van der Waals surface area (Å²) >= 11 is 5.90. The van der Waals surface area contributed by atoms with Crippen molar-refractivity contribution in [3.8, 4) is 17.4 Å². The van der Waals surface area contributed by atoms with Crippen molar-refractivity contribution in [3.63, 3.8) is 0 Å². The van der Waals surface area contributed by atoms with Crippen LogP contribution in [-0.2, 0) is 0 Å². The summed E-state index contributed by atoms with van der Waals surface area (Å²) in [5, 5.41) is 9.95. The maximum atomic E-state index is 12.2. The van der Waals surface area contributed by atoms with Crippen molar-refractivity contribution in [2.45, 2.75) is 19.8 Å². The van der Waals surface area contributed by atoms with Crippen LogP contribution in [0.25, 0.3) is 11.3 Å². The van der Waals surface area contributed by atoms with Crippen LogP contribution in [0.3, 0.4) is 0 Å². The fourth-order valence-electron chi connectivity index (χ4n) is 2.84. The maximum Gasteiger partial charge on any atom is 0.356 e. The Morgan fingerprint density at radius 2 is 1.91 bits per heavy atom. The molecular weight excluding hydrogens is 312 g/mol. The standard InChI is InChI=1S/C18H17ClN2O2/c1-12-6-8-21(9-7-12)16-10-17(23-18(22)15(16)11-20)13-2-4-14(19)5-3-13/h2-5,10,12H,6-9H2,1H3. The van der Waals surface area contributed by atoms with Gasteiger partial charge in [0.15, 0.2) is 5.56 Å². The lowest BCUT2D eigenvalue weighted by atomic mass is 9.98. The number of piperidine rings is 1. The third kappa shape index (κ3) is 3.25. The van der Waals surface area contributed by atoms with Gasteiger partial charge in [0.2, 0.25) is 0 Å². The highest BCUT2D eigenvalue weighted by Gasteiger charge is 2.22. The summed E-state index contributed by atoms with van der Waals surface area (Å²) in [6.45, 7) is 3.92. The summed E-state index contributed by atoms with van der Waals surface area (Å²) in [5.74, 6) is 1.13. The summed E-state index contributed by atoms with van der Waals surface area (Å²) in [5.41, 5.74) is 0.925. The predicted molar refractivity (Wildman–Crippen MR) is 90.8 cm³/mol. The molecule has 4 nitrogen and oxygen atoms in total. The van der Waals surface area contributed by atoms with Crippen molar-refractivity contribution in [2.24, 2.45) is 5.92 Å². The number of anilines is 1. The Labute approximate surface area is 139 Å². The minimum Gasteiger partial charge on any atom is -0.422 e. The second kappa shape index (κ2) is 6.47. The predicted octanol–water partition coefficient (Wildman–Crippen LogP) is 4.07. The fraction of sp³-hybridized carbons (Fsp3) is 0.333. The van der Waals surface area contributed by atoms with Crippen LogP contribution in [0.2, 0.25) is 5.02 Å². The number of benzene rings is 1. The van der Waals surface area contributed by atoms with Crippen LogP contribution < -0.4 is 10.5 Å². The number of halogens is 1. The van der Waals surface area contributed by atoms with Gasteiger partial charge in [-0.1, -0.05) is 18.5 Å². The van der Waals surface area contributed by atoms with E-state index >= 15 is 0 Å². The van der Waals surface area contributed by atoms with Gasteiger partial charge < -0.3 is 9.32 Å². The largest absolute Gasteiger partial charge is 0.422 e. The van der Waals surface area contributed by atoms with E-state index in [0.29, 0.717) is 22.4 Å². The van der Waals surface area contributed by atoms with Crippen molar-refractivity contribution < 1.29 is 4.42 Å². The van der Waals surface area contributed by atoms with E-state index < -0.39 is 5.63 Å². The lowest BCUT2D eigenvalue weighted by molar-refractivity contribution is 0.436. The fourth-order valence-corrected chi connectivity index (χ4v) is 2.97. The number of rotatable bonds is 2. The molecule has 118 valence electrons. The van der Waals surface area contributed by atoms with Gasteiger partial charge in [-0.25, -0.2) is 4.79 Å². The molecule has 1 aliphatic heterocycles. The van der Waals surface area contributed by atoms with Crippen LogP contribution in [0.5, 0.6) is 0 Å². The summed E-state index contributed by atoms with van der Waals surface area (Å²) < 4.78 is 5.33. The first-order valence-corrected chi connectivity index (χ1v) is 8.05. The third-order valence-corrected chi connectivity index (χ3v) is 4.55. The van der Waals surface area contributed by atoms with Gasteiger partial charge in [0.05, 0.1) is 5.69 Å². The van der Waals surface area contributed by atoms with E-state index in [1.807, 2.05) is 6.07 Å². The van der Waals surface area contributed by atoms with Crippen LogP contribution in [0.15, 0.2) is 39.5 Å². The monoisotopic (exact) mass is 328 g/mol. The zero-order chi connectivity index (χ0) is 16.4. The highest BCUT2D eigenvalue weighted by Crippen LogP contribution is 2.29. The average molecular weight is 329 g/mol. The van der Waals surface area contributed by atoms with Gasteiger partial charge in [-0.05, 0) is 43.0 Å². The lowest BCUT2D eigenvalue weighted by Gasteiger charge is -2.32. The molecule has 23 heavy (non-hydrogen) atoms. The minimum atomic E-state index is -0.589. The average Bonchev–Trinajstić information content (AvgIpc) is 2.55. The molecule has 1 aliphatic rings. The van der Waals surface area contributed by atoms with Gasteiger partial charge >= 0.3 is 5.63 Å². The smallest absolute Gasteiger partial charge is 0.356 e. The molecule has 3 rings (SSSR count). The van der Waals surface area contributed by atoms with Crippen LogP contribution in [-0.4, -0.2) is 13.1 Å². The molecule has 2 aromatic rings. The van der Waals surface area contributed by atoms with Crippen LogP contribution >= 0.6 is 11.6 Å². The molecule has 0 spiro atoms. The van der Waals surface area contributed by atoms with Gasteiger partial charge in [-0.15, -0.1) is 0 Å². The molecule has 1 aromatic carbocycles. The summed E-state index contributed by atoms with van der Waals surface area (Å²) in [4.78, 5) is 14.3. The molecule has 0 unspecified atom stereocenters. The third-order valence-electron chi connectivity index (χ3n) is 4.30. The van der Waals surface area contributed by atoms with E-state index in [1.165, 1.54) is 0 Å². The Morgan fingerprint density at radius 1 is 1.26 bits per heavy atom. The number of nitriles is 1. The van der Waals surface area contributed by atoms with Crippen LogP contribution in [0.1, 0.15) is 25.3 Å². The Hall–Kier alpha value is -2.25. The molecule has 0 atom stereocenters. The number of hydrogen-bond donors (Lipinski definition) is 0. The van der Waals surface area contributed by atoms with Crippen LogP contribution in [0.4, 0.5) is 5.69 Å². The summed E-state index contributed by atoms with van der Waals surface area (Å²) in [6, 6.07) is 10.9.